The monoisotopic (exact) mass is 1110 g/mol. The Morgan fingerprint density at radius 2 is 0.740 bits per heavy atom. The van der Waals surface area contributed by atoms with Crippen molar-refractivity contribution in [2.45, 2.75) is 353 Å². The molecule has 0 bridgehead atoms. The van der Waals surface area contributed by atoms with Crippen molar-refractivity contribution >= 4 is 13.7 Å². The van der Waals surface area contributed by atoms with Gasteiger partial charge in [-0.2, -0.15) is 0 Å². The van der Waals surface area contributed by atoms with E-state index in [4.69, 9.17) is 9.05 Å². The molecule has 8 nitrogen and oxygen atoms in total. The zero-order valence-electron chi connectivity index (χ0n) is 52.2. The Bertz CT molecular complexity index is 1350. The predicted octanol–water partition coefficient (Wildman–Crippen LogP) is 21.3. The Kier molecular flexibility index (Phi) is 58.4. The zero-order chi connectivity index (χ0) is 56.3. The molecule has 0 aromatic heterocycles. The van der Waals surface area contributed by atoms with Crippen molar-refractivity contribution in [2.75, 3.05) is 40.9 Å². The third-order valence-electron chi connectivity index (χ3n) is 15.6. The number of phosphoric acid groups is 1. The SMILES string of the molecule is CCCCCCCCCCCCCCCC/C=C/C(O)C(COP(=O)(O)OCC[N+](C)(C)C)NC(=O)CCCCCCCCCCCCCCCCCCC/C=C\C/C=C\CCCCCCCCCCCCCCCCC. The second kappa shape index (κ2) is 59.3. The molecule has 456 valence electrons. The van der Waals surface area contributed by atoms with Gasteiger partial charge in [-0.05, 0) is 51.4 Å². The first-order chi connectivity index (χ1) is 37.5. The van der Waals surface area contributed by atoms with Crippen molar-refractivity contribution < 1.29 is 32.9 Å². The van der Waals surface area contributed by atoms with Gasteiger partial charge in [0.2, 0.25) is 5.91 Å². The van der Waals surface area contributed by atoms with Gasteiger partial charge in [0.25, 0.3) is 0 Å². The minimum absolute atomic E-state index is 0.0630. The summed E-state index contributed by atoms with van der Waals surface area (Å²) >= 11 is 0. The molecule has 0 fully saturated rings. The summed E-state index contributed by atoms with van der Waals surface area (Å²) in [5, 5.41) is 14.0. The lowest BCUT2D eigenvalue weighted by molar-refractivity contribution is -0.870. The first kappa shape index (κ1) is 75.7. The van der Waals surface area contributed by atoms with E-state index >= 15 is 0 Å². The van der Waals surface area contributed by atoms with Crippen molar-refractivity contribution in [1.82, 2.24) is 5.32 Å². The molecule has 0 saturated carbocycles. The summed E-state index contributed by atoms with van der Waals surface area (Å²) in [6.45, 7) is 4.86. The number of hydrogen-bond donors (Lipinski definition) is 3. The van der Waals surface area contributed by atoms with Crippen LogP contribution >= 0.6 is 7.82 Å². The molecule has 3 N–H and O–H groups in total. The fraction of sp³-hybridized carbons (Fsp3) is 0.897. The average Bonchev–Trinajstić information content (AvgIpc) is 3.39. The van der Waals surface area contributed by atoms with E-state index in [1.165, 1.54) is 276 Å². The molecular formula is C68H134N2O6P+. The van der Waals surface area contributed by atoms with Crippen molar-refractivity contribution in [1.29, 1.82) is 0 Å². The summed E-state index contributed by atoms with van der Waals surface area (Å²) in [5.41, 5.74) is 0. The Morgan fingerprint density at radius 3 is 1.06 bits per heavy atom. The van der Waals surface area contributed by atoms with Crippen LogP contribution in [0.5, 0.6) is 0 Å². The zero-order valence-corrected chi connectivity index (χ0v) is 53.1. The highest BCUT2D eigenvalue weighted by molar-refractivity contribution is 7.47. The summed E-state index contributed by atoms with van der Waals surface area (Å²) in [4.78, 5) is 23.3. The number of carbonyl (C=O) groups excluding carboxylic acids is 1. The van der Waals surface area contributed by atoms with Crippen molar-refractivity contribution in [3.63, 3.8) is 0 Å². The third kappa shape index (κ3) is 62.2. The number of likely N-dealkylation sites (N-methyl/N-ethyl adjacent to an activating group) is 1. The molecule has 3 atom stereocenters. The molecule has 0 spiro atoms. The van der Waals surface area contributed by atoms with Gasteiger partial charge in [0.05, 0.1) is 39.9 Å². The number of unbranched alkanes of at least 4 members (excludes halogenated alkanes) is 46. The molecule has 0 aliphatic rings. The maximum Gasteiger partial charge on any atom is 0.472 e. The van der Waals surface area contributed by atoms with Gasteiger partial charge in [-0.15, -0.1) is 0 Å². The number of allylic oxidation sites excluding steroid dienone is 5. The highest BCUT2D eigenvalue weighted by atomic mass is 31.2. The molecule has 3 unspecified atom stereocenters. The number of carbonyl (C=O) groups is 1. The van der Waals surface area contributed by atoms with Gasteiger partial charge in [-0.25, -0.2) is 4.57 Å². The first-order valence-electron chi connectivity index (χ1n) is 33.9. The molecule has 0 aromatic rings. The molecule has 9 heteroatoms. The van der Waals surface area contributed by atoms with Crippen LogP contribution in [0.15, 0.2) is 36.5 Å². The van der Waals surface area contributed by atoms with E-state index in [0.29, 0.717) is 17.4 Å². The van der Waals surface area contributed by atoms with Gasteiger partial charge in [0.15, 0.2) is 0 Å². The van der Waals surface area contributed by atoms with Gasteiger partial charge in [0, 0.05) is 6.42 Å². The molecule has 0 aliphatic carbocycles. The van der Waals surface area contributed by atoms with Crippen LogP contribution in [0.25, 0.3) is 0 Å². The second-order valence-corrected chi connectivity index (χ2v) is 26.0. The lowest BCUT2D eigenvalue weighted by Crippen LogP contribution is -2.45. The van der Waals surface area contributed by atoms with Gasteiger partial charge in [0.1, 0.15) is 13.2 Å². The Morgan fingerprint density at radius 1 is 0.442 bits per heavy atom. The molecule has 0 aromatic carbocycles. The van der Waals surface area contributed by atoms with E-state index in [1.807, 2.05) is 27.2 Å². The molecule has 77 heavy (non-hydrogen) atoms. The number of rotatable bonds is 63. The van der Waals surface area contributed by atoms with Crippen LogP contribution in [0.1, 0.15) is 341 Å². The van der Waals surface area contributed by atoms with Gasteiger partial charge < -0.3 is 19.8 Å². The number of aliphatic hydroxyl groups excluding tert-OH is 1. The summed E-state index contributed by atoms with van der Waals surface area (Å²) in [7, 11) is 1.58. The molecular weight excluding hydrogens is 972 g/mol. The Balaban J connectivity index is 3.92. The van der Waals surface area contributed by atoms with E-state index in [2.05, 4.69) is 43.5 Å². The lowest BCUT2D eigenvalue weighted by Gasteiger charge is -2.25. The van der Waals surface area contributed by atoms with Crippen LogP contribution in [0.2, 0.25) is 0 Å². The van der Waals surface area contributed by atoms with Gasteiger partial charge in [-0.1, -0.05) is 320 Å². The highest BCUT2D eigenvalue weighted by Crippen LogP contribution is 2.43. The van der Waals surface area contributed by atoms with Crippen LogP contribution in [-0.2, 0) is 18.4 Å². The van der Waals surface area contributed by atoms with E-state index < -0.39 is 20.0 Å². The Labute approximate surface area is 480 Å². The molecule has 0 heterocycles. The molecule has 1 amide bonds. The molecule has 0 saturated heterocycles. The van der Waals surface area contributed by atoms with E-state index in [0.717, 1.165) is 44.9 Å². The molecule has 0 radical (unpaired) electrons. The van der Waals surface area contributed by atoms with Crippen LogP contribution in [0, 0.1) is 0 Å². The summed E-state index contributed by atoms with van der Waals surface area (Å²) in [5.74, 6) is -0.172. The quantitative estimate of drug-likeness (QED) is 0.0243. The number of hydrogen-bond acceptors (Lipinski definition) is 5. The maximum atomic E-state index is 13.0. The number of nitrogens with one attached hydrogen (secondary N) is 1. The standard InChI is InChI=1S/C68H133N2O6P/c1-6-8-10-12-14-16-18-20-22-24-25-26-27-28-29-30-31-32-33-34-35-36-37-38-39-40-41-42-43-44-45-46-48-50-52-54-56-58-60-62-68(72)69-66(65-76-77(73,74)75-64-63-70(3,4)5)67(71)61-59-57-55-53-51-49-47-23-21-19-17-15-13-11-9-7-2/h31-32,34-35,59,61,66-67,71H,6-30,33,36-58,60,62-65H2,1-5H3,(H-,69,72,73,74)/p+1/b32-31-,35-34-,61-59+. The number of amides is 1. The van der Waals surface area contributed by atoms with Crippen LogP contribution in [0.3, 0.4) is 0 Å². The minimum Gasteiger partial charge on any atom is -0.387 e. The van der Waals surface area contributed by atoms with Crippen LogP contribution < -0.4 is 5.32 Å². The average molecular weight is 1110 g/mol. The van der Waals surface area contributed by atoms with Crippen LogP contribution in [-0.4, -0.2) is 73.4 Å². The topological polar surface area (TPSA) is 105 Å². The van der Waals surface area contributed by atoms with Crippen LogP contribution in [0.4, 0.5) is 0 Å². The number of aliphatic hydroxyl groups is 1. The van der Waals surface area contributed by atoms with Crippen molar-refractivity contribution in [3.8, 4) is 0 Å². The van der Waals surface area contributed by atoms with E-state index in [-0.39, 0.29) is 19.1 Å². The maximum absolute atomic E-state index is 13.0. The van der Waals surface area contributed by atoms with Crippen molar-refractivity contribution in [3.05, 3.63) is 36.5 Å². The molecule has 0 rings (SSSR count). The molecule has 0 aliphatic heterocycles. The summed E-state index contributed by atoms with van der Waals surface area (Å²) < 4.78 is 23.7. The summed E-state index contributed by atoms with van der Waals surface area (Å²) in [6.07, 6.45) is 78.7. The third-order valence-corrected chi connectivity index (χ3v) is 16.6. The second-order valence-electron chi connectivity index (χ2n) is 24.6. The number of quaternary nitrogens is 1. The first-order valence-corrected chi connectivity index (χ1v) is 35.4. The smallest absolute Gasteiger partial charge is 0.387 e. The van der Waals surface area contributed by atoms with E-state index in [1.54, 1.807) is 6.08 Å². The number of phosphoric ester groups is 1. The van der Waals surface area contributed by atoms with Gasteiger partial charge >= 0.3 is 7.82 Å². The van der Waals surface area contributed by atoms with Crippen molar-refractivity contribution in [2.24, 2.45) is 0 Å². The number of nitrogens with zero attached hydrogens (tertiary/aromatic N) is 1. The largest absolute Gasteiger partial charge is 0.472 e. The summed E-state index contributed by atoms with van der Waals surface area (Å²) in [6, 6.07) is -0.846. The Hall–Kier alpha value is -1.28. The van der Waals surface area contributed by atoms with Gasteiger partial charge in [-0.3, -0.25) is 13.8 Å². The minimum atomic E-state index is -4.35. The fourth-order valence-electron chi connectivity index (χ4n) is 10.3. The lowest BCUT2D eigenvalue weighted by atomic mass is 10.0. The predicted molar refractivity (Wildman–Crippen MR) is 337 cm³/mol. The van der Waals surface area contributed by atoms with E-state index in [9.17, 15) is 19.4 Å². The normalized spacial score (nSPS) is 13.9. The fourth-order valence-corrected chi connectivity index (χ4v) is 11.0. The highest BCUT2D eigenvalue weighted by Gasteiger charge is 2.28.